The molecule has 0 fully saturated rings. The summed E-state index contributed by atoms with van der Waals surface area (Å²) >= 11 is 0. The molecule has 7 heteroatoms. The first-order chi connectivity index (χ1) is 4.92. The Labute approximate surface area is 68.3 Å². The van der Waals surface area contributed by atoms with Gasteiger partial charge in [0.1, 0.15) is 0 Å². The first-order valence-corrected chi connectivity index (χ1v) is 4.61. The normalized spacial score (nSPS) is 17.9. The van der Waals surface area contributed by atoms with Crippen LogP contribution >= 0.6 is 10.7 Å². The minimum absolute atomic E-state index is 0.731. The van der Waals surface area contributed by atoms with E-state index in [2.05, 4.69) is 10.7 Å². The predicted octanol–water partition coefficient (Wildman–Crippen LogP) is 1.20. The van der Waals surface area contributed by atoms with Crippen LogP contribution in [-0.2, 0) is 10.0 Å². The summed E-state index contributed by atoms with van der Waals surface area (Å²) in [5.41, 5.74) is 0. The van der Waals surface area contributed by atoms with Crippen molar-refractivity contribution in [1.82, 2.24) is 0 Å². The van der Waals surface area contributed by atoms with E-state index in [4.69, 9.17) is 5.11 Å². The van der Waals surface area contributed by atoms with Crippen molar-refractivity contribution in [3.8, 4) is 0 Å². The highest BCUT2D eigenvalue weighted by Crippen LogP contribution is 2.29. The van der Waals surface area contributed by atoms with Crippen molar-refractivity contribution in [2.75, 3.05) is 6.61 Å². The topological polar surface area (TPSA) is 37.3 Å². The van der Waals surface area contributed by atoms with Crippen LogP contribution in [-0.4, -0.2) is 27.3 Å². The van der Waals surface area contributed by atoms with E-state index in [1.807, 2.05) is 0 Å². The molecular weight excluding hydrogens is 205 g/mol. The quantitative estimate of drug-likeness (QED) is 0.708. The summed E-state index contributed by atoms with van der Waals surface area (Å²) < 4.78 is 46.6. The van der Waals surface area contributed by atoms with Gasteiger partial charge in [-0.2, -0.15) is 8.78 Å². The highest BCUT2D eigenvalue weighted by Gasteiger charge is 2.45. The second-order valence-corrected chi connectivity index (χ2v) is 3.60. The molecule has 0 aromatic heterocycles. The zero-order valence-electron chi connectivity index (χ0n) is 5.27. The van der Waals surface area contributed by atoms with Gasteiger partial charge >= 0.3 is 5.25 Å². The van der Waals surface area contributed by atoms with Gasteiger partial charge in [0.25, 0.3) is 0 Å². The summed E-state index contributed by atoms with van der Waals surface area (Å²) in [7, 11) is 1.45. The highest BCUT2D eigenvalue weighted by molar-refractivity contribution is 8.09. The van der Waals surface area contributed by atoms with Gasteiger partial charge in [-0.25, -0.2) is 8.60 Å². The van der Waals surface area contributed by atoms with Gasteiger partial charge in [0.15, 0.2) is 16.2 Å². The van der Waals surface area contributed by atoms with Crippen LogP contribution in [0, 0.1) is 0 Å². The molecule has 0 radical (unpaired) electrons. The average Bonchev–Trinajstić information content (AvgIpc) is 1.88. The van der Waals surface area contributed by atoms with Gasteiger partial charge in [-0.3, -0.25) is 0 Å². The third-order valence-corrected chi connectivity index (χ3v) is 2.26. The largest absolute Gasteiger partial charge is 0.396 e. The summed E-state index contributed by atoms with van der Waals surface area (Å²) in [5.74, 6) is 0. The second kappa shape index (κ2) is 4.27. The van der Waals surface area contributed by atoms with Crippen molar-refractivity contribution in [3.05, 3.63) is 0 Å². The van der Waals surface area contributed by atoms with Crippen molar-refractivity contribution in [3.63, 3.8) is 0 Å². The monoisotopic (exact) mass is 210 g/mol. The Hall–Kier alpha value is 0.190. The van der Waals surface area contributed by atoms with Gasteiger partial charge in [-0.1, -0.05) is 0 Å². The Morgan fingerprint density at radius 3 is 2.36 bits per heavy atom. The van der Waals surface area contributed by atoms with Crippen LogP contribution < -0.4 is 0 Å². The van der Waals surface area contributed by atoms with Crippen LogP contribution in [0.4, 0.5) is 13.2 Å². The fourth-order valence-corrected chi connectivity index (χ4v) is 0.991. The van der Waals surface area contributed by atoms with Crippen LogP contribution in [0.15, 0.2) is 0 Å². The summed E-state index contributed by atoms with van der Waals surface area (Å²) in [5, 5.41) is 3.99. The molecule has 0 aliphatic rings. The lowest BCUT2D eigenvalue weighted by Gasteiger charge is -2.15. The fraction of sp³-hybridized carbons (Fsp3) is 1.00. The lowest BCUT2D eigenvalue weighted by molar-refractivity contribution is 0.000272. The molecule has 0 saturated carbocycles. The minimum Gasteiger partial charge on any atom is -0.396 e. The molecule has 0 aliphatic heterocycles. The van der Waals surface area contributed by atoms with Crippen LogP contribution in [0.2, 0.25) is 0 Å². The van der Waals surface area contributed by atoms with E-state index in [0.717, 1.165) is 0 Å². The maximum Gasteiger partial charge on any atom is 0.365 e. The van der Waals surface area contributed by atoms with E-state index in [0.29, 0.717) is 0 Å². The lowest BCUT2D eigenvalue weighted by Crippen LogP contribution is -2.33. The SMILES string of the molecule is O=S(Cl)C(F)(F)C(F)CCO. The molecular formula is C4H6ClF3O2S. The Bertz CT molecular complexity index is 154. The third kappa shape index (κ3) is 2.96. The molecule has 0 heterocycles. The molecule has 68 valence electrons. The van der Waals surface area contributed by atoms with Gasteiger partial charge in [-0.05, 0) is 10.7 Å². The van der Waals surface area contributed by atoms with Crippen molar-refractivity contribution < 1.29 is 22.5 Å². The van der Waals surface area contributed by atoms with Gasteiger partial charge in [0.2, 0.25) is 0 Å². The number of aliphatic hydroxyl groups excluding tert-OH is 1. The zero-order chi connectivity index (χ0) is 9.07. The van der Waals surface area contributed by atoms with Gasteiger partial charge in [0, 0.05) is 13.0 Å². The summed E-state index contributed by atoms with van der Waals surface area (Å²) in [4.78, 5) is 0. The van der Waals surface area contributed by atoms with E-state index < -0.39 is 34.5 Å². The maximum atomic E-state index is 12.2. The smallest absolute Gasteiger partial charge is 0.365 e. The van der Waals surface area contributed by atoms with Crippen molar-refractivity contribution in [1.29, 1.82) is 0 Å². The number of hydrogen-bond acceptors (Lipinski definition) is 2. The Morgan fingerprint density at radius 1 is 1.64 bits per heavy atom. The Morgan fingerprint density at radius 2 is 2.09 bits per heavy atom. The predicted molar refractivity (Wildman–Crippen MR) is 35.5 cm³/mol. The summed E-state index contributed by atoms with van der Waals surface area (Å²) in [6.07, 6.45) is -3.43. The fourth-order valence-electron chi connectivity index (χ4n) is 0.382. The zero-order valence-corrected chi connectivity index (χ0v) is 6.84. The molecule has 2 nitrogen and oxygen atoms in total. The summed E-state index contributed by atoms with van der Waals surface area (Å²) in [6, 6.07) is 0. The van der Waals surface area contributed by atoms with Crippen molar-refractivity contribution in [2.24, 2.45) is 0 Å². The van der Waals surface area contributed by atoms with Gasteiger partial charge in [0.05, 0.1) is 0 Å². The van der Waals surface area contributed by atoms with E-state index >= 15 is 0 Å². The first kappa shape index (κ1) is 11.2. The first-order valence-electron chi connectivity index (χ1n) is 2.63. The van der Waals surface area contributed by atoms with Crippen LogP contribution in [0.3, 0.4) is 0 Å². The number of alkyl halides is 3. The van der Waals surface area contributed by atoms with Crippen LogP contribution in [0.25, 0.3) is 0 Å². The van der Waals surface area contributed by atoms with Crippen molar-refractivity contribution in [2.45, 2.75) is 17.8 Å². The standard InChI is InChI=1S/C4H6ClF3O2S/c5-11(10)4(7,8)3(6)1-2-9/h3,9H,1-2H2. The van der Waals surface area contributed by atoms with E-state index in [1.165, 1.54) is 0 Å². The number of rotatable bonds is 4. The minimum atomic E-state index is -4.08. The van der Waals surface area contributed by atoms with Gasteiger partial charge in [-0.15, -0.1) is 0 Å². The molecule has 0 amide bonds. The molecule has 0 aliphatic carbocycles. The Kier molecular flexibility index (Phi) is 4.35. The molecule has 0 aromatic carbocycles. The molecule has 0 rings (SSSR count). The lowest BCUT2D eigenvalue weighted by atomic mass is 10.3. The molecule has 0 saturated heterocycles. The van der Waals surface area contributed by atoms with E-state index in [1.54, 1.807) is 0 Å². The number of hydrogen-bond donors (Lipinski definition) is 1. The highest BCUT2D eigenvalue weighted by atomic mass is 35.7. The molecule has 0 spiro atoms. The van der Waals surface area contributed by atoms with Crippen LogP contribution in [0.5, 0.6) is 0 Å². The molecule has 2 unspecified atom stereocenters. The number of halogens is 4. The van der Waals surface area contributed by atoms with Gasteiger partial charge < -0.3 is 5.11 Å². The molecule has 2 atom stereocenters. The molecule has 0 aromatic rings. The molecule has 1 N–H and O–H groups in total. The second-order valence-electron chi connectivity index (χ2n) is 1.77. The number of aliphatic hydroxyl groups is 1. The summed E-state index contributed by atoms with van der Waals surface area (Å²) in [6.45, 7) is -0.731. The van der Waals surface area contributed by atoms with Crippen molar-refractivity contribution >= 4 is 20.7 Å². The van der Waals surface area contributed by atoms with E-state index in [-0.39, 0.29) is 0 Å². The maximum absolute atomic E-state index is 12.2. The molecule has 11 heavy (non-hydrogen) atoms. The molecule has 0 bridgehead atoms. The third-order valence-electron chi connectivity index (χ3n) is 0.961. The van der Waals surface area contributed by atoms with E-state index in [9.17, 15) is 17.4 Å². The Balaban J connectivity index is 4.17. The van der Waals surface area contributed by atoms with Crippen LogP contribution in [0.1, 0.15) is 6.42 Å². The average molecular weight is 211 g/mol.